The van der Waals surface area contributed by atoms with Crippen LogP contribution in [-0.4, -0.2) is 5.24 Å². The summed E-state index contributed by atoms with van der Waals surface area (Å²) >= 11 is 7.12. The Bertz CT molecular complexity index is 333. The van der Waals surface area contributed by atoms with Gasteiger partial charge in [-0.15, -0.1) is 11.3 Å². The normalized spacial score (nSPS) is 19.7. The molecule has 0 aromatic carbocycles. The third-order valence-electron chi connectivity index (χ3n) is 2.82. The lowest BCUT2D eigenvalue weighted by Crippen LogP contribution is -1.96. The summed E-state index contributed by atoms with van der Waals surface area (Å²) in [5.41, 5.74) is 1.45. The molecule has 0 radical (unpaired) electrons. The van der Waals surface area contributed by atoms with Gasteiger partial charge in [0.1, 0.15) is 0 Å². The van der Waals surface area contributed by atoms with Gasteiger partial charge in [-0.2, -0.15) is 0 Å². The van der Waals surface area contributed by atoms with Gasteiger partial charge in [-0.05, 0) is 42.0 Å². The van der Waals surface area contributed by atoms with E-state index in [1.807, 2.05) is 0 Å². The van der Waals surface area contributed by atoms with Crippen molar-refractivity contribution in [1.29, 1.82) is 0 Å². The summed E-state index contributed by atoms with van der Waals surface area (Å²) in [7, 11) is 0. The van der Waals surface area contributed by atoms with E-state index in [2.05, 4.69) is 13.0 Å². The standard InChI is InChI=1S/C11H13ClOS/c1-2-7-3-8-5-9(6-11(12)13)14-10(8)4-7/h5,7H,2-4,6H2,1H3. The highest BCUT2D eigenvalue weighted by Gasteiger charge is 2.22. The molecule has 1 atom stereocenters. The Hall–Kier alpha value is -0.340. The predicted octanol–water partition coefficient (Wildman–Crippen LogP) is 3.18. The highest BCUT2D eigenvalue weighted by molar-refractivity contribution is 7.12. The molecule has 76 valence electrons. The van der Waals surface area contributed by atoms with Crippen molar-refractivity contribution in [2.75, 3.05) is 0 Å². The largest absolute Gasteiger partial charge is 0.281 e. The van der Waals surface area contributed by atoms with E-state index in [0.717, 1.165) is 10.8 Å². The molecule has 0 saturated heterocycles. The fourth-order valence-corrected chi connectivity index (χ4v) is 3.57. The molecular formula is C11H13ClOS. The van der Waals surface area contributed by atoms with E-state index in [-0.39, 0.29) is 5.24 Å². The molecular weight excluding hydrogens is 216 g/mol. The average Bonchev–Trinajstić information content (AvgIpc) is 2.59. The number of carbonyl (C=O) groups excluding carboxylic acids is 1. The van der Waals surface area contributed by atoms with Crippen LogP contribution in [0.2, 0.25) is 0 Å². The van der Waals surface area contributed by atoms with E-state index in [1.54, 1.807) is 11.3 Å². The van der Waals surface area contributed by atoms with E-state index in [4.69, 9.17) is 11.6 Å². The second-order valence-electron chi connectivity index (χ2n) is 3.88. The SMILES string of the molecule is CCC1Cc2cc(CC(=O)Cl)sc2C1. The van der Waals surface area contributed by atoms with Gasteiger partial charge in [0.15, 0.2) is 0 Å². The minimum absolute atomic E-state index is 0.253. The van der Waals surface area contributed by atoms with E-state index >= 15 is 0 Å². The zero-order chi connectivity index (χ0) is 10.1. The van der Waals surface area contributed by atoms with E-state index < -0.39 is 0 Å². The zero-order valence-electron chi connectivity index (χ0n) is 8.18. The average molecular weight is 229 g/mol. The quantitative estimate of drug-likeness (QED) is 0.727. The Morgan fingerprint density at radius 2 is 2.43 bits per heavy atom. The molecule has 0 fully saturated rings. The van der Waals surface area contributed by atoms with Gasteiger partial charge in [0.2, 0.25) is 5.24 Å². The van der Waals surface area contributed by atoms with Crippen LogP contribution in [0.25, 0.3) is 0 Å². The summed E-state index contributed by atoms with van der Waals surface area (Å²) in [4.78, 5) is 13.3. The molecule has 1 unspecified atom stereocenters. The highest BCUT2D eigenvalue weighted by Crippen LogP contribution is 2.35. The fourth-order valence-electron chi connectivity index (χ4n) is 2.03. The van der Waals surface area contributed by atoms with Gasteiger partial charge in [-0.3, -0.25) is 4.79 Å². The molecule has 14 heavy (non-hydrogen) atoms. The maximum absolute atomic E-state index is 10.7. The molecule has 1 nitrogen and oxygen atoms in total. The fraction of sp³-hybridized carbons (Fsp3) is 0.545. The van der Waals surface area contributed by atoms with Crippen LogP contribution in [0, 0.1) is 5.92 Å². The lowest BCUT2D eigenvalue weighted by Gasteiger charge is -2.02. The van der Waals surface area contributed by atoms with Crippen LogP contribution in [0.3, 0.4) is 0 Å². The van der Waals surface area contributed by atoms with Crippen LogP contribution >= 0.6 is 22.9 Å². The number of hydrogen-bond donors (Lipinski definition) is 0. The summed E-state index contributed by atoms with van der Waals surface area (Å²) in [5, 5.41) is -0.253. The Morgan fingerprint density at radius 1 is 1.64 bits per heavy atom. The Kier molecular flexibility index (Phi) is 2.93. The summed E-state index contributed by atoms with van der Waals surface area (Å²) < 4.78 is 0. The first-order valence-corrected chi connectivity index (χ1v) is 6.17. The van der Waals surface area contributed by atoms with E-state index in [0.29, 0.717) is 6.42 Å². The molecule has 0 spiro atoms. The van der Waals surface area contributed by atoms with Crippen molar-refractivity contribution >= 4 is 28.2 Å². The van der Waals surface area contributed by atoms with E-state index in [1.165, 1.54) is 29.7 Å². The smallest absolute Gasteiger partial charge is 0.226 e. The maximum Gasteiger partial charge on any atom is 0.226 e. The van der Waals surface area contributed by atoms with Crippen LogP contribution in [0.4, 0.5) is 0 Å². The van der Waals surface area contributed by atoms with Crippen LogP contribution < -0.4 is 0 Å². The Labute approximate surface area is 93.1 Å². The number of carbonyl (C=O) groups is 1. The predicted molar refractivity (Wildman–Crippen MR) is 60.1 cm³/mol. The molecule has 1 aliphatic carbocycles. The van der Waals surface area contributed by atoms with Gasteiger partial charge in [0, 0.05) is 9.75 Å². The minimum atomic E-state index is -0.253. The van der Waals surface area contributed by atoms with Gasteiger partial charge in [0.25, 0.3) is 0 Å². The van der Waals surface area contributed by atoms with Gasteiger partial charge in [-0.1, -0.05) is 13.3 Å². The van der Waals surface area contributed by atoms with Gasteiger partial charge >= 0.3 is 0 Å². The molecule has 0 N–H and O–H groups in total. The first kappa shape index (κ1) is 10.2. The lowest BCUT2D eigenvalue weighted by molar-refractivity contribution is -0.111. The second-order valence-corrected chi connectivity index (χ2v) is 5.52. The maximum atomic E-state index is 10.7. The molecule has 1 aromatic rings. The molecule has 1 aromatic heterocycles. The molecule has 3 heteroatoms. The molecule has 1 heterocycles. The van der Waals surface area contributed by atoms with Crippen molar-refractivity contribution < 1.29 is 4.79 Å². The zero-order valence-corrected chi connectivity index (χ0v) is 9.75. The first-order valence-electron chi connectivity index (χ1n) is 4.97. The number of thiophene rings is 1. The third kappa shape index (κ3) is 2.01. The summed E-state index contributed by atoms with van der Waals surface area (Å²) in [6.07, 6.45) is 4.05. The monoisotopic (exact) mass is 228 g/mol. The molecule has 2 rings (SSSR count). The lowest BCUT2D eigenvalue weighted by atomic mass is 10.0. The van der Waals surface area contributed by atoms with E-state index in [9.17, 15) is 4.79 Å². The molecule has 0 saturated carbocycles. The molecule has 0 amide bonds. The summed E-state index contributed by atoms with van der Waals surface area (Å²) in [5.74, 6) is 0.831. The third-order valence-corrected chi connectivity index (χ3v) is 4.15. The van der Waals surface area contributed by atoms with Gasteiger partial charge in [-0.25, -0.2) is 0 Å². The van der Waals surface area contributed by atoms with Crippen molar-refractivity contribution in [2.45, 2.75) is 32.6 Å². The second kappa shape index (κ2) is 4.03. The number of rotatable bonds is 3. The molecule has 0 bridgehead atoms. The minimum Gasteiger partial charge on any atom is -0.281 e. The summed E-state index contributed by atoms with van der Waals surface area (Å²) in [6, 6.07) is 2.16. The number of halogens is 1. The van der Waals surface area contributed by atoms with Gasteiger partial charge < -0.3 is 0 Å². The molecule has 0 aliphatic heterocycles. The van der Waals surface area contributed by atoms with Gasteiger partial charge in [0.05, 0.1) is 6.42 Å². The van der Waals surface area contributed by atoms with Crippen molar-refractivity contribution in [1.82, 2.24) is 0 Å². The molecule has 1 aliphatic rings. The highest BCUT2D eigenvalue weighted by atomic mass is 35.5. The van der Waals surface area contributed by atoms with Crippen molar-refractivity contribution in [2.24, 2.45) is 5.92 Å². The van der Waals surface area contributed by atoms with Crippen LogP contribution in [0.1, 0.15) is 28.7 Å². The van der Waals surface area contributed by atoms with Crippen molar-refractivity contribution in [3.63, 3.8) is 0 Å². The van der Waals surface area contributed by atoms with Crippen LogP contribution in [0.5, 0.6) is 0 Å². The van der Waals surface area contributed by atoms with Crippen LogP contribution in [-0.2, 0) is 24.1 Å². The van der Waals surface area contributed by atoms with Crippen molar-refractivity contribution in [3.05, 3.63) is 21.4 Å². The number of hydrogen-bond acceptors (Lipinski definition) is 2. The summed E-state index contributed by atoms with van der Waals surface area (Å²) in [6.45, 7) is 2.24. The number of fused-ring (bicyclic) bond motifs is 1. The van der Waals surface area contributed by atoms with Crippen LogP contribution in [0.15, 0.2) is 6.07 Å². The Morgan fingerprint density at radius 3 is 3.00 bits per heavy atom. The Balaban J connectivity index is 2.10. The first-order chi connectivity index (χ1) is 6.69. The van der Waals surface area contributed by atoms with Crippen molar-refractivity contribution in [3.8, 4) is 0 Å². The topological polar surface area (TPSA) is 17.1 Å².